The second kappa shape index (κ2) is 9.22. The average Bonchev–Trinajstić information content (AvgIpc) is 2.40. The zero-order valence-electron chi connectivity index (χ0n) is 12.1. The van der Waals surface area contributed by atoms with Gasteiger partial charge in [0.15, 0.2) is 0 Å². The lowest BCUT2D eigenvalue weighted by molar-refractivity contribution is 0.301. The van der Waals surface area contributed by atoms with E-state index < -0.39 is 0 Å². The molecule has 0 aliphatic heterocycles. The van der Waals surface area contributed by atoms with Crippen molar-refractivity contribution in [3.8, 4) is 5.75 Å². The van der Waals surface area contributed by atoms with Crippen molar-refractivity contribution in [1.29, 1.82) is 0 Å². The lowest BCUT2D eigenvalue weighted by Gasteiger charge is -2.15. The minimum atomic E-state index is 0.168. The fraction of sp³-hybridized carbons (Fsp3) is 0.625. The number of unbranched alkanes of at least 4 members (excludes halogenated alkanes) is 3. The molecule has 0 fully saturated rings. The van der Waals surface area contributed by atoms with Crippen LogP contribution in [0.3, 0.4) is 0 Å². The van der Waals surface area contributed by atoms with Crippen LogP contribution in [0.15, 0.2) is 18.2 Å². The van der Waals surface area contributed by atoms with E-state index in [4.69, 9.17) is 22.1 Å². The third-order valence-electron chi connectivity index (χ3n) is 3.28. The average molecular weight is 284 g/mol. The standard InChI is InChI=1S/C16H26ClNO/c1-3-5-6-7-10-19-16-9-8-14(17)11-13(16)12-15(18)4-2/h8-9,11,15H,3-7,10,12,18H2,1-2H3. The summed E-state index contributed by atoms with van der Waals surface area (Å²) in [5, 5.41) is 0.747. The van der Waals surface area contributed by atoms with Gasteiger partial charge in [0, 0.05) is 11.1 Å². The van der Waals surface area contributed by atoms with Gasteiger partial charge < -0.3 is 10.5 Å². The molecule has 19 heavy (non-hydrogen) atoms. The summed E-state index contributed by atoms with van der Waals surface area (Å²) in [6, 6.07) is 5.98. The second-order valence-electron chi connectivity index (χ2n) is 5.03. The maximum atomic E-state index is 6.05. The Morgan fingerprint density at radius 2 is 2.00 bits per heavy atom. The number of halogens is 1. The van der Waals surface area contributed by atoms with E-state index >= 15 is 0 Å². The molecular weight excluding hydrogens is 258 g/mol. The predicted octanol–water partition coefficient (Wildman–Crippen LogP) is 4.58. The Labute approximate surface area is 122 Å². The first-order chi connectivity index (χ1) is 9.17. The van der Waals surface area contributed by atoms with E-state index in [1.807, 2.05) is 18.2 Å². The van der Waals surface area contributed by atoms with Crippen molar-refractivity contribution in [1.82, 2.24) is 0 Å². The van der Waals surface area contributed by atoms with Gasteiger partial charge >= 0.3 is 0 Å². The molecule has 0 saturated heterocycles. The first kappa shape index (κ1) is 16.3. The van der Waals surface area contributed by atoms with Crippen molar-refractivity contribution in [3.63, 3.8) is 0 Å². The highest BCUT2D eigenvalue weighted by atomic mass is 35.5. The molecule has 1 aromatic rings. The van der Waals surface area contributed by atoms with Gasteiger partial charge in [0.2, 0.25) is 0 Å². The molecule has 0 heterocycles. The third kappa shape index (κ3) is 6.31. The van der Waals surface area contributed by atoms with Gasteiger partial charge in [-0.2, -0.15) is 0 Å². The van der Waals surface area contributed by atoms with Crippen molar-refractivity contribution in [2.45, 2.75) is 58.4 Å². The van der Waals surface area contributed by atoms with Crippen LogP contribution in [0.5, 0.6) is 5.75 Å². The topological polar surface area (TPSA) is 35.2 Å². The summed E-state index contributed by atoms with van der Waals surface area (Å²) < 4.78 is 5.87. The SMILES string of the molecule is CCCCCCOc1ccc(Cl)cc1CC(N)CC. The number of ether oxygens (including phenoxy) is 1. The molecule has 1 aromatic carbocycles. The van der Waals surface area contributed by atoms with Crippen LogP contribution < -0.4 is 10.5 Å². The van der Waals surface area contributed by atoms with Gasteiger partial charge in [-0.15, -0.1) is 0 Å². The van der Waals surface area contributed by atoms with Gasteiger partial charge in [-0.25, -0.2) is 0 Å². The molecule has 108 valence electrons. The molecule has 2 nitrogen and oxygen atoms in total. The fourth-order valence-electron chi connectivity index (χ4n) is 1.99. The van der Waals surface area contributed by atoms with Crippen molar-refractivity contribution in [2.24, 2.45) is 5.73 Å². The number of nitrogens with two attached hydrogens (primary N) is 1. The van der Waals surface area contributed by atoms with E-state index in [-0.39, 0.29) is 6.04 Å². The van der Waals surface area contributed by atoms with Gasteiger partial charge in [0.25, 0.3) is 0 Å². The Kier molecular flexibility index (Phi) is 7.92. The van der Waals surface area contributed by atoms with Crippen LogP contribution in [-0.2, 0) is 6.42 Å². The van der Waals surface area contributed by atoms with Gasteiger partial charge in [-0.1, -0.05) is 44.7 Å². The maximum Gasteiger partial charge on any atom is 0.122 e. The molecule has 3 heteroatoms. The van der Waals surface area contributed by atoms with Crippen LogP contribution in [0.25, 0.3) is 0 Å². The van der Waals surface area contributed by atoms with E-state index in [0.717, 1.165) is 42.2 Å². The molecule has 0 aromatic heterocycles. The number of benzene rings is 1. The quantitative estimate of drug-likeness (QED) is 0.673. The summed E-state index contributed by atoms with van der Waals surface area (Å²) in [4.78, 5) is 0. The van der Waals surface area contributed by atoms with Crippen LogP contribution in [0, 0.1) is 0 Å². The molecular formula is C16H26ClNO. The summed E-state index contributed by atoms with van der Waals surface area (Å²) in [7, 11) is 0. The van der Waals surface area contributed by atoms with Crippen LogP contribution in [0.1, 0.15) is 51.5 Å². The number of rotatable bonds is 9. The summed E-state index contributed by atoms with van der Waals surface area (Å²) >= 11 is 6.05. The Balaban J connectivity index is 2.55. The van der Waals surface area contributed by atoms with E-state index in [1.54, 1.807) is 0 Å². The molecule has 0 bridgehead atoms. The third-order valence-corrected chi connectivity index (χ3v) is 3.52. The number of hydrogen-bond donors (Lipinski definition) is 1. The molecule has 0 amide bonds. The minimum Gasteiger partial charge on any atom is -0.493 e. The lowest BCUT2D eigenvalue weighted by Crippen LogP contribution is -2.21. The number of hydrogen-bond acceptors (Lipinski definition) is 2. The molecule has 0 spiro atoms. The highest BCUT2D eigenvalue weighted by Gasteiger charge is 2.08. The Bertz CT molecular complexity index is 368. The van der Waals surface area contributed by atoms with E-state index in [2.05, 4.69) is 13.8 Å². The molecule has 0 radical (unpaired) electrons. The maximum absolute atomic E-state index is 6.05. The van der Waals surface area contributed by atoms with Crippen LogP contribution >= 0.6 is 11.6 Å². The van der Waals surface area contributed by atoms with E-state index in [9.17, 15) is 0 Å². The van der Waals surface area contributed by atoms with Gasteiger partial charge in [-0.05, 0) is 43.0 Å². The molecule has 0 saturated carbocycles. The van der Waals surface area contributed by atoms with Crippen molar-refractivity contribution in [3.05, 3.63) is 28.8 Å². The smallest absolute Gasteiger partial charge is 0.122 e. The second-order valence-corrected chi connectivity index (χ2v) is 5.47. The summed E-state index contributed by atoms with van der Waals surface area (Å²) in [6.45, 7) is 5.08. The van der Waals surface area contributed by atoms with Crippen LogP contribution in [0.2, 0.25) is 5.02 Å². The molecule has 2 N–H and O–H groups in total. The van der Waals surface area contributed by atoms with E-state index in [0.29, 0.717) is 0 Å². The predicted molar refractivity (Wildman–Crippen MR) is 83.1 cm³/mol. The molecule has 1 rings (SSSR count). The fourth-order valence-corrected chi connectivity index (χ4v) is 2.18. The highest BCUT2D eigenvalue weighted by Crippen LogP contribution is 2.24. The molecule has 0 aliphatic carbocycles. The highest BCUT2D eigenvalue weighted by molar-refractivity contribution is 6.30. The monoisotopic (exact) mass is 283 g/mol. The zero-order valence-corrected chi connectivity index (χ0v) is 12.9. The van der Waals surface area contributed by atoms with Crippen molar-refractivity contribution < 1.29 is 4.74 Å². The minimum absolute atomic E-state index is 0.168. The van der Waals surface area contributed by atoms with Crippen molar-refractivity contribution in [2.75, 3.05) is 6.61 Å². The van der Waals surface area contributed by atoms with Crippen LogP contribution in [0.4, 0.5) is 0 Å². The normalized spacial score (nSPS) is 12.4. The zero-order chi connectivity index (χ0) is 14.1. The Morgan fingerprint density at radius 1 is 1.21 bits per heavy atom. The van der Waals surface area contributed by atoms with Gasteiger partial charge in [-0.3, -0.25) is 0 Å². The summed E-state index contributed by atoms with van der Waals surface area (Å²) in [6.07, 6.45) is 6.64. The Morgan fingerprint density at radius 3 is 2.68 bits per heavy atom. The van der Waals surface area contributed by atoms with E-state index in [1.165, 1.54) is 19.3 Å². The summed E-state index contributed by atoms with van der Waals surface area (Å²) in [5.41, 5.74) is 7.14. The van der Waals surface area contributed by atoms with Crippen LogP contribution in [-0.4, -0.2) is 12.6 Å². The first-order valence-corrected chi connectivity index (χ1v) is 7.72. The lowest BCUT2D eigenvalue weighted by atomic mass is 10.0. The molecule has 1 unspecified atom stereocenters. The van der Waals surface area contributed by atoms with Crippen molar-refractivity contribution >= 4 is 11.6 Å². The molecule has 1 atom stereocenters. The van der Waals surface area contributed by atoms with Gasteiger partial charge in [0.05, 0.1) is 6.61 Å². The van der Waals surface area contributed by atoms with Gasteiger partial charge in [0.1, 0.15) is 5.75 Å². The summed E-state index contributed by atoms with van der Waals surface area (Å²) in [5.74, 6) is 0.935. The first-order valence-electron chi connectivity index (χ1n) is 7.34. The largest absolute Gasteiger partial charge is 0.493 e. The molecule has 0 aliphatic rings. The Hall–Kier alpha value is -0.730.